The fraction of sp³-hybridized carbons (Fsp3) is 0.100. The maximum Gasteiger partial charge on any atom is 0.179 e. The van der Waals surface area contributed by atoms with E-state index in [4.69, 9.17) is 0 Å². The molecule has 1 aliphatic carbocycles. The first-order chi connectivity index (χ1) is 31.3. The summed E-state index contributed by atoms with van der Waals surface area (Å²) in [5.41, 5.74) is 4.93. The second-order valence-corrected chi connectivity index (χ2v) is 24.7. The van der Waals surface area contributed by atoms with Gasteiger partial charge in [-0.1, -0.05) is 238 Å². The summed E-state index contributed by atoms with van der Waals surface area (Å²) in [6, 6.07) is 95.9. The summed E-state index contributed by atoms with van der Waals surface area (Å²) in [6.07, 6.45) is 6.60. The predicted octanol–water partition coefficient (Wildman–Crippen LogP) is 9.96. The van der Waals surface area contributed by atoms with Crippen molar-refractivity contribution in [3.05, 3.63) is 260 Å². The summed E-state index contributed by atoms with van der Waals surface area (Å²) in [5.74, 6) is 0.652. The SMILES string of the molecule is c1ccc([Si](c2ccccc2)(c2ccccc2)c2ccc(N(c3ccc(C4CCCCC4)cc3)c3ccc([Si](c4ccccc4)(c4ccccc4)c4ccccc4)cc3)cc2)cc1. The molecule has 0 spiro atoms. The Labute approximate surface area is 376 Å². The first kappa shape index (κ1) is 40.3. The van der Waals surface area contributed by atoms with E-state index in [1.54, 1.807) is 0 Å². The summed E-state index contributed by atoms with van der Waals surface area (Å²) in [5, 5.41) is 11.0. The van der Waals surface area contributed by atoms with E-state index >= 15 is 0 Å². The van der Waals surface area contributed by atoms with Gasteiger partial charge in [-0.3, -0.25) is 0 Å². The molecule has 0 atom stereocenters. The molecule has 0 amide bonds. The first-order valence-electron chi connectivity index (χ1n) is 22.7. The van der Waals surface area contributed by atoms with Gasteiger partial charge in [0.25, 0.3) is 0 Å². The zero-order chi connectivity index (χ0) is 42.3. The largest absolute Gasteiger partial charge is 0.311 e. The molecule has 306 valence electrons. The lowest BCUT2D eigenvalue weighted by Crippen LogP contribution is -2.74. The highest BCUT2D eigenvalue weighted by atomic mass is 28.3. The molecule has 1 saturated carbocycles. The van der Waals surface area contributed by atoms with Gasteiger partial charge in [-0.15, -0.1) is 0 Å². The van der Waals surface area contributed by atoms with Gasteiger partial charge < -0.3 is 4.90 Å². The van der Waals surface area contributed by atoms with Crippen molar-refractivity contribution in [2.75, 3.05) is 4.90 Å². The molecule has 1 aliphatic rings. The van der Waals surface area contributed by atoms with Gasteiger partial charge in [-0.2, -0.15) is 0 Å². The van der Waals surface area contributed by atoms with Gasteiger partial charge in [-0.25, -0.2) is 0 Å². The monoisotopic (exact) mass is 843 g/mol. The number of hydrogen-bond acceptors (Lipinski definition) is 1. The lowest BCUT2D eigenvalue weighted by molar-refractivity contribution is 0.443. The van der Waals surface area contributed by atoms with Crippen LogP contribution in [0.1, 0.15) is 43.6 Å². The van der Waals surface area contributed by atoms with Crippen LogP contribution in [-0.4, -0.2) is 16.1 Å². The first-order valence-corrected chi connectivity index (χ1v) is 26.7. The topological polar surface area (TPSA) is 3.24 Å². The van der Waals surface area contributed by atoms with Crippen LogP contribution >= 0.6 is 0 Å². The normalized spacial score (nSPS) is 13.3. The fourth-order valence-electron chi connectivity index (χ4n) is 10.6. The van der Waals surface area contributed by atoms with Crippen LogP contribution in [0.4, 0.5) is 17.1 Å². The highest BCUT2D eigenvalue weighted by Gasteiger charge is 2.42. The average Bonchev–Trinajstić information content (AvgIpc) is 3.38. The van der Waals surface area contributed by atoms with Gasteiger partial charge in [0.05, 0.1) is 0 Å². The highest BCUT2D eigenvalue weighted by Crippen LogP contribution is 2.37. The minimum Gasteiger partial charge on any atom is -0.311 e. The van der Waals surface area contributed by atoms with Crippen LogP contribution in [0.5, 0.6) is 0 Å². The molecule has 0 radical (unpaired) electrons. The fourth-order valence-corrected chi connectivity index (χ4v) is 20.1. The zero-order valence-electron chi connectivity index (χ0n) is 35.8. The van der Waals surface area contributed by atoms with Crippen molar-refractivity contribution in [2.24, 2.45) is 0 Å². The number of hydrogen-bond donors (Lipinski definition) is 0. The second-order valence-electron chi connectivity index (χ2n) is 17.1. The van der Waals surface area contributed by atoms with Gasteiger partial charge in [-0.05, 0) is 102 Å². The van der Waals surface area contributed by atoms with E-state index < -0.39 is 16.1 Å². The summed E-state index contributed by atoms with van der Waals surface area (Å²) < 4.78 is 0. The molecule has 0 bridgehead atoms. The van der Waals surface area contributed by atoms with E-state index in [2.05, 4.69) is 260 Å². The predicted molar refractivity (Wildman–Crippen MR) is 274 cm³/mol. The van der Waals surface area contributed by atoms with E-state index in [9.17, 15) is 0 Å². The minimum atomic E-state index is -2.68. The van der Waals surface area contributed by atoms with Gasteiger partial charge in [0.2, 0.25) is 0 Å². The molecular weight excluding hydrogens is 791 g/mol. The maximum absolute atomic E-state index is 2.68. The van der Waals surface area contributed by atoms with E-state index in [0.29, 0.717) is 5.92 Å². The standard InChI is InChI=1S/C60H53NSi2/c1-8-22-48(23-9-1)49-36-38-50(39-37-49)61(51-40-44-59(45-41-51)62(53-24-10-2-11-25-53,54-26-12-3-13-27-54)55-28-14-4-15-29-55)52-42-46-60(47-43-52)63(56-30-16-5-17-31-56,57-32-18-6-19-33-57)58-34-20-7-21-35-58/h2-7,10-21,24-48H,1,8-9,22-23H2. The van der Waals surface area contributed by atoms with Crippen LogP contribution < -0.4 is 46.4 Å². The van der Waals surface area contributed by atoms with E-state index in [1.165, 1.54) is 84.8 Å². The van der Waals surface area contributed by atoms with Crippen LogP contribution in [-0.2, 0) is 0 Å². The molecule has 0 aromatic heterocycles. The van der Waals surface area contributed by atoms with E-state index in [1.807, 2.05) is 0 Å². The van der Waals surface area contributed by atoms with Crippen molar-refractivity contribution in [1.29, 1.82) is 0 Å². The van der Waals surface area contributed by atoms with Crippen molar-refractivity contribution in [3.8, 4) is 0 Å². The molecule has 63 heavy (non-hydrogen) atoms. The summed E-state index contributed by atoms with van der Waals surface area (Å²) in [7, 11) is -5.36. The molecule has 0 saturated heterocycles. The third kappa shape index (κ3) is 7.62. The maximum atomic E-state index is 2.46. The zero-order valence-corrected chi connectivity index (χ0v) is 37.8. The van der Waals surface area contributed by atoms with E-state index in [-0.39, 0.29) is 0 Å². The molecule has 1 fully saturated rings. The van der Waals surface area contributed by atoms with Gasteiger partial charge in [0.1, 0.15) is 0 Å². The Kier molecular flexibility index (Phi) is 11.7. The summed E-state index contributed by atoms with van der Waals surface area (Å²) >= 11 is 0. The molecule has 9 aromatic carbocycles. The number of benzene rings is 9. The molecule has 0 N–H and O–H groups in total. The Morgan fingerprint density at radius 3 is 0.762 bits per heavy atom. The molecule has 1 nitrogen and oxygen atoms in total. The number of anilines is 3. The molecule has 0 unspecified atom stereocenters. The van der Waals surface area contributed by atoms with Crippen molar-refractivity contribution >= 4 is 74.7 Å². The van der Waals surface area contributed by atoms with Gasteiger partial charge in [0, 0.05) is 17.1 Å². The van der Waals surface area contributed by atoms with Crippen LogP contribution in [0.15, 0.2) is 255 Å². The Balaban J connectivity index is 1.13. The smallest absolute Gasteiger partial charge is 0.179 e. The Bertz CT molecular complexity index is 2450. The molecule has 9 aromatic rings. The Hall–Kier alpha value is -6.79. The van der Waals surface area contributed by atoms with Crippen LogP contribution in [0.3, 0.4) is 0 Å². The third-order valence-corrected chi connectivity index (χ3v) is 23.2. The third-order valence-electron chi connectivity index (χ3n) is 13.6. The summed E-state index contributed by atoms with van der Waals surface area (Å²) in [4.78, 5) is 2.46. The molecular formula is C60H53NSi2. The van der Waals surface area contributed by atoms with Gasteiger partial charge in [0.15, 0.2) is 16.1 Å². The van der Waals surface area contributed by atoms with Gasteiger partial charge >= 0.3 is 0 Å². The van der Waals surface area contributed by atoms with E-state index in [0.717, 1.165) is 11.4 Å². The molecule has 0 aliphatic heterocycles. The number of rotatable bonds is 12. The minimum absolute atomic E-state index is 0.652. The Morgan fingerprint density at radius 2 is 0.492 bits per heavy atom. The number of nitrogens with zero attached hydrogens (tertiary/aromatic N) is 1. The lowest BCUT2D eigenvalue weighted by atomic mass is 9.84. The second kappa shape index (κ2) is 18.3. The average molecular weight is 844 g/mol. The highest BCUT2D eigenvalue weighted by molar-refractivity contribution is 7.20. The lowest BCUT2D eigenvalue weighted by Gasteiger charge is -2.35. The van der Waals surface area contributed by atoms with Crippen LogP contribution in [0.2, 0.25) is 0 Å². The Morgan fingerprint density at radius 1 is 0.254 bits per heavy atom. The van der Waals surface area contributed by atoms with Crippen molar-refractivity contribution in [3.63, 3.8) is 0 Å². The molecule has 3 heteroatoms. The van der Waals surface area contributed by atoms with Crippen LogP contribution in [0, 0.1) is 0 Å². The van der Waals surface area contributed by atoms with Crippen molar-refractivity contribution < 1.29 is 0 Å². The molecule has 10 rings (SSSR count). The quantitative estimate of drug-likeness (QED) is 0.0875. The van der Waals surface area contributed by atoms with Crippen LogP contribution in [0.25, 0.3) is 0 Å². The molecule has 0 heterocycles. The summed E-state index contributed by atoms with van der Waals surface area (Å²) in [6.45, 7) is 0. The van der Waals surface area contributed by atoms with Crippen molar-refractivity contribution in [2.45, 2.75) is 38.0 Å². The van der Waals surface area contributed by atoms with Crippen molar-refractivity contribution in [1.82, 2.24) is 0 Å².